The van der Waals surface area contributed by atoms with E-state index < -0.39 is 0 Å². The Bertz CT molecular complexity index is 330. The first-order valence-electron chi connectivity index (χ1n) is 4.13. The molecule has 62 valence electrons. The van der Waals surface area contributed by atoms with Crippen LogP contribution in [-0.4, -0.2) is 10.9 Å². The average Bonchev–Trinajstić information content (AvgIpc) is 2.40. The highest BCUT2D eigenvalue weighted by atomic mass is 16.4. The standard InChI is InChI=1S/C10H11NO/c1-7-6-8-4-2-3-5-9(8)10(7)11-12/h2-5,7,12H,6H2,1H3. The largest absolute Gasteiger partial charge is 0.411 e. The van der Waals surface area contributed by atoms with Crippen LogP contribution in [0.4, 0.5) is 0 Å². The normalized spacial score (nSPS) is 24.4. The molecule has 0 amide bonds. The molecule has 0 saturated carbocycles. The maximum Gasteiger partial charge on any atom is 0.0901 e. The van der Waals surface area contributed by atoms with Crippen LogP contribution in [0.2, 0.25) is 0 Å². The van der Waals surface area contributed by atoms with Crippen LogP contribution in [0.3, 0.4) is 0 Å². The molecule has 0 spiro atoms. The van der Waals surface area contributed by atoms with Crippen molar-refractivity contribution in [1.82, 2.24) is 0 Å². The molecular formula is C10H11NO. The van der Waals surface area contributed by atoms with Crippen LogP contribution in [0.5, 0.6) is 0 Å². The molecule has 0 bridgehead atoms. The van der Waals surface area contributed by atoms with E-state index in [2.05, 4.69) is 18.1 Å². The van der Waals surface area contributed by atoms with E-state index in [1.165, 1.54) is 5.56 Å². The Morgan fingerprint density at radius 1 is 1.42 bits per heavy atom. The molecule has 0 aliphatic heterocycles. The summed E-state index contributed by atoms with van der Waals surface area (Å²) in [6.45, 7) is 2.08. The van der Waals surface area contributed by atoms with E-state index >= 15 is 0 Å². The molecule has 1 aliphatic carbocycles. The Hall–Kier alpha value is -1.31. The van der Waals surface area contributed by atoms with E-state index in [-0.39, 0.29) is 0 Å². The van der Waals surface area contributed by atoms with Crippen molar-refractivity contribution in [1.29, 1.82) is 0 Å². The van der Waals surface area contributed by atoms with Gasteiger partial charge in [-0.3, -0.25) is 0 Å². The van der Waals surface area contributed by atoms with Gasteiger partial charge in [0.1, 0.15) is 0 Å². The third kappa shape index (κ3) is 0.916. The summed E-state index contributed by atoms with van der Waals surface area (Å²) >= 11 is 0. The third-order valence-electron chi connectivity index (χ3n) is 2.39. The molecule has 2 heteroatoms. The van der Waals surface area contributed by atoms with Crippen molar-refractivity contribution >= 4 is 5.71 Å². The first-order chi connectivity index (χ1) is 5.83. The minimum absolute atomic E-state index is 0.354. The minimum atomic E-state index is 0.354. The third-order valence-corrected chi connectivity index (χ3v) is 2.39. The molecule has 1 aromatic rings. The van der Waals surface area contributed by atoms with Gasteiger partial charge in [0, 0.05) is 11.5 Å². The van der Waals surface area contributed by atoms with Crippen LogP contribution >= 0.6 is 0 Å². The molecule has 2 rings (SSSR count). The van der Waals surface area contributed by atoms with E-state index in [1.54, 1.807) is 0 Å². The zero-order valence-corrected chi connectivity index (χ0v) is 6.99. The molecule has 1 aliphatic rings. The molecule has 2 nitrogen and oxygen atoms in total. The molecule has 0 heterocycles. The highest BCUT2D eigenvalue weighted by Crippen LogP contribution is 2.26. The fourth-order valence-corrected chi connectivity index (χ4v) is 1.79. The fourth-order valence-electron chi connectivity index (χ4n) is 1.79. The Morgan fingerprint density at radius 3 is 2.92 bits per heavy atom. The average molecular weight is 161 g/mol. The molecule has 1 atom stereocenters. The van der Waals surface area contributed by atoms with Gasteiger partial charge in [0.2, 0.25) is 0 Å². The molecule has 1 aromatic carbocycles. The maximum atomic E-state index is 8.77. The zero-order valence-electron chi connectivity index (χ0n) is 6.99. The summed E-state index contributed by atoms with van der Waals surface area (Å²) in [5.41, 5.74) is 3.22. The van der Waals surface area contributed by atoms with E-state index in [4.69, 9.17) is 5.21 Å². The molecule has 1 unspecified atom stereocenters. The number of nitrogens with zero attached hydrogens (tertiary/aromatic N) is 1. The van der Waals surface area contributed by atoms with E-state index in [0.29, 0.717) is 5.92 Å². The smallest absolute Gasteiger partial charge is 0.0901 e. The lowest BCUT2D eigenvalue weighted by Gasteiger charge is -1.99. The van der Waals surface area contributed by atoms with Crippen molar-refractivity contribution in [3.8, 4) is 0 Å². The van der Waals surface area contributed by atoms with Gasteiger partial charge in [-0.1, -0.05) is 36.3 Å². The van der Waals surface area contributed by atoms with Crippen LogP contribution in [0.1, 0.15) is 18.1 Å². The lowest BCUT2D eigenvalue weighted by molar-refractivity contribution is 0.316. The van der Waals surface area contributed by atoms with Gasteiger partial charge in [-0.25, -0.2) is 0 Å². The summed E-state index contributed by atoms with van der Waals surface area (Å²) in [5.74, 6) is 0.354. The van der Waals surface area contributed by atoms with Crippen molar-refractivity contribution in [2.45, 2.75) is 13.3 Å². The first kappa shape index (κ1) is 7.35. The Balaban J connectivity index is 2.55. The van der Waals surface area contributed by atoms with Gasteiger partial charge in [-0.15, -0.1) is 0 Å². The Kier molecular flexibility index (Phi) is 1.61. The zero-order chi connectivity index (χ0) is 8.55. The number of fused-ring (bicyclic) bond motifs is 1. The molecule has 0 fully saturated rings. The molecule has 1 N–H and O–H groups in total. The second-order valence-corrected chi connectivity index (χ2v) is 3.25. The summed E-state index contributed by atoms with van der Waals surface area (Å²) in [6, 6.07) is 8.09. The Labute approximate surface area is 71.5 Å². The lowest BCUT2D eigenvalue weighted by atomic mass is 10.1. The van der Waals surface area contributed by atoms with Gasteiger partial charge in [0.15, 0.2) is 0 Å². The quantitative estimate of drug-likeness (QED) is 0.458. The molecule has 12 heavy (non-hydrogen) atoms. The van der Waals surface area contributed by atoms with Crippen LogP contribution in [0.15, 0.2) is 29.4 Å². The van der Waals surface area contributed by atoms with Crippen LogP contribution in [0.25, 0.3) is 0 Å². The lowest BCUT2D eigenvalue weighted by Crippen LogP contribution is -2.05. The van der Waals surface area contributed by atoms with Crippen molar-refractivity contribution in [2.24, 2.45) is 11.1 Å². The van der Waals surface area contributed by atoms with Gasteiger partial charge in [0.25, 0.3) is 0 Å². The summed E-state index contributed by atoms with van der Waals surface area (Å²) in [4.78, 5) is 0. The van der Waals surface area contributed by atoms with E-state index in [1.807, 2.05) is 18.2 Å². The number of benzene rings is 1. The number of hydrogen-bond acceptors (Lipinski definition) is 2. The second kappa shape index (κ2) is 2.63. The number of rotatable bonds is 0. The van der Waals surface area contributed by atoms with Crippen molar-refractivity contribution in [3.63, 3.8) is 0 Å². The highest BCUT2D eigenvalue weighted by molar-refractivity contribution is 6.05. The summed E-state index contributed by atoms with van der Waals surface area (Å²) in [7, 11) is 0. The summed E-state index contributed by atoms with van der Waals surface area (Å²) < 4.78 is 0. The van der Waals surface area contributed by atoms with Crippen LogP contribution in [-0.2, 0) is 6.42 Å². The van der Waals surface area contributed by atoms with Crippen LogP contribution in [0, 0.1) is 5.92 Å². The van der Waals surface area contributed by atoms with Gasteiger partial charge in [-0.05, 0) is 12.0 Å². The molecule has 0 radical (unpaired) electrons. The molecular weight excluding hydrogens is 150 g/mol. The predicted molar refractivity (Wildman–Crippen MR) is 47.6 cm³/mol. The fraction of sp³-hybridized carbons (Fsp3) is 0.300. The second-order valence-electron chi connectivity index (χ2n) is 3.25. The van der Waals surface area contributed by atoms with Gasteiger partial charge in [0.05, 0.1) is 5.71 Å². The summed E-state index contributed by atoms with van der Waals surface area (Å²) in [6.07, 6.45) is 0.996. The molecule has 0 saturated heterocycles. The number of oxime groups is 1. The minimum Gasteiger partial charge on any atom is -0.411 e. The van der Waals surface area contributed by atoms with E-state index in [0.717, 1.165) is 17.7 Å². The highest BCUT2D eigenvalue weighted by Gasteiger charge is 2.24. The van der Waals surface area contributed by atoms with Crippen molar-refractivity contribution in [2.75, 3.05) is 0 Å². The van der Waals surface area contributed by atoms with Gasteiger partial charge < -0.3 is 5.21 Å². The Morgan fingerprint density at radius 2 is 2.17 bits per heavy atom. The predicted octanol–water partition coefficient (Wildman–Crippen LogP) is 2.06. The summed E-state index contributed by atoms with van der Waals surface area (Å²) in [5, 5.41) is 12.1. The van der Waals surface area contributed by atoms with Gasteiger partial charge >= 0.3 is 0 Å². The topological polar surface area (TPSA) is 32.6 Å². The van der Waals surface area contributed by atoms with E-state index in [9.17, 15) is 0 Å². The monoisotopic (exact) mass is 161 g/mol. The SMILES string of the molecule is CC1Cc2ccccc2C1=NO. The van der Waals surface area contributed by atoms with Gasteiger partial charge in [-0.2, -0.15) is 0 Å². The van der Waals surface area contributed by atoms with Crippen molar-refractivity contribution < 1.29 is 5.21 Å². The maximum absolute atomic E-state index is 8.77. The van der Waals surface area contributed by atoms with Crippen molar-refractivity contribution in [3.05, 3.63) is 35.4 Å². The number of hydrogen-bond donors (Lipinski definition) is 1. The molecule has 0 aromatic heterocycles. The first-order valence-corrected chi connectivity index (χ1v) is 4.13. The van der Waals surface area contributed by atoms with Crippen LogP contribution < -0.4 is 0 Å².